The quantitative estimate of drug-likeness (QED) is 0.00707. The number of carbonyl (C=O) groups is 9. The summed E-state index contributed by atoms with van der Waals surface area (Å²) >= 11 is 6.27. The highest BCUT2D eigenvalue weighted by Crippen LogP contribution is 2.44. The summed E-state index contributed by atoms with van der Waals surface area (Å²) in [6, 6.07) is 28.5. The minimum absolute atomic E-state index is 0.0380. The maximum absolute atomic E-state index is 14.3. The third-order valence-corrected chi connectivity index (χ3v) is 24.1. The molecule has 31 nitrogen and oxygen atoms in total. The Bertz CT molecular complexity index is 5100. The second-order valence-corrected chi connectivity index (χ2v) is 33.4. The predicted molar refractivity (Wildman–Crippen MR) is 441 cm³/mol. The van der Waals surface area contributed by atoms with Crippen LogP contribution in [0.5, 0.6) is 11.5 Å². The van der Waals surface area contributed by atoms with Gasteiger partial charge in [0.15, 0.2) is 15.6 Å². The first kappa shape index (κ1) is 85.1. The van der Waals surface area contributed by atoms with Crippen LogP contribution in [0.15, 0.2) is 132 Å². The summed E-state index contributed by atoms with van der Waals surface area (Å²) < 4.78 is 56.9. The van der Waals surface area contributed by atoms with Crippen LogP contribution in [0.25, 0.3) is 16.6 Å². The van der Waals surface area contributed by atoms with Gasteiger partial charge < -0.3 is 54.4 Å². The largest absolute Gasteiger partial charge is 0.455 e. The molecule has 2 atom stereocenters. The Labute approximate surface area is 688 Å². The van der Waals surface area contributed by atoms with Crippen molar-refractivity contribution in [2.24, 2.45) is 11.3 Å². The number of Topliss-reactive ketones (excluding diaryl/α,β-unsaturated/α-hetero) is 1. The lowest BCUT2D eigenvalue weighted by Gasteiger charge is -2.39. The van der Waals surface area contributed by atoms with Gasteiger partial charge in [0, 0.05) is 124 Å². The van der Waals surface area contributed by atoms with E-state index in [1.54, 1.807) is 60.8 Å². The highest BCUT2D eigenvalue weighted by Gasteiger charge is 2.48. The number of hydrogen-bond acceptors (Lipinski definition) is 25. The van der Waals surface area contributed by atoms with E-state index in [-0.39, 0.29) is 81.2 Å². The molecule has 624 valence electrons. The number of fused-ring (bicyclic) bond motifs is 3. The average molecular weight is 1660 g/mol. The normalized spacial score (nSPS) is 18.6. The number of imide groups is 4. The van der Waals surface area contributed by atoms with Crippen LogP contribution in [0, 0.1) is 21.4 Å². The smallest absolute Gasteiger partial charge is 0.293 e. The van der Waals surface area contributed by atoms with E-state index in [1.165, 1.54) is 35.0 Å². The minimum Gasteiger partial charge on any atom is -0.455 e. The lowest BCUT2D eigenvalue weighted by Crippen LogP contribution is -2.54. The van der Waals surface area contributed by atoms with Crippen molar-refractivity contribution in [1.29, 1.82) is 0 Å². The van der Waals surface area contributed by atoms with E-state index in [1.807, 2.05) is 31.2 Å². The number of likely N-dealkylation sites (tertiary alicyclic amines) is 1. The van der Waals surface area contributed by atoms with Gasteiger partial charge in [0.2, 0.25) is 23.6 Å². The summed E-state index contributed by atoms with van der Waals surface area (Å²) in [6.07, 6.45) is 9.41. The number of aromatic amines is 1. The number of ether oxygens (including phenoxy) is 5. The third kappa shape index (κ3) is 20.6. The lowest BCUT2D eigenvalue weighted by atomic mass is 9.72. The Morgan fingerprint density at radius 1 is 0.644 bits per heavy atom. The number of H-pyrrole nitrogens is 1. The number of nitrogens with one attached hydrogen (secondary N) is 6. The number of benzene rings is 5. The molecule has 2 unspecified atom stereocenters. The van der Waals surface area contributed by atoms with Crippen molar-refractivity contribution in [2.75, 3.05) is 151 Å². The zero-order chi connectivity index (χ0) is 83.2. The van der Waals surface area contributed by atoms with Crippen LogP contribution >= 0.6 is 11.6 Å². The molecule has 1 aliphatic carbocycles. The van der Waals surface area contributed by atoms with Crippen LogP contribution in [-0.2, 0) is 48.0 Å². The number of anilines is 4. The van der Waals surface area contributed by atoms with Gasteiger partial charge in [0.1, 0.15) is 40.7 Å². The number of pyridine rings is 1. The Morgan fingerprint density at radius 2 is 1.25 bits per heavy atom. The van der Waals surface area contributed by atoms with Crippen LogP contribution < -0.4 is 36.2 Å². The molecule has 6 N–H and O–H groups in total. The highest BCUT2D eigenvalue weighted by atomic mass is 35.5. The van der Waals surface area contributed by atoms with Gasteiger partial charge >= 0.3 is 0 Å². The molecular weight excluding hydrogens is 1560 g/mol. The summed E-state index contributed by atoms with van der Waals surface area (Å²) in [7, 11) is -4.39. The molecule has 0 radical (unpaired) electrons. The van der Waals surface area contributed by atoms with Gasteiger partial charge in [-0.05, 0) is 160 Å². The van der Waals surface area contributed by atoms with E-state index in [0.29, 0.717) is 115 Å². The van der Waals surface area contributed by atoms with Gasteiger partial charge in [-0.2, -0.15) is 0 Å². The Kier molecular flexibility index (Phi) is 27.9. The molecule has 33 heteroatoms. The second kappa shape index (κ2) is 38.7. The molecule has 6 aliphatic heterocycles. The molecule has 2 aromatic heterocycles. The predicted octanol–water partition coefficient (Wildman–Crippen LogP) is 9.97. The minimum atomic E-state index is -4.39. The number of nitro groups is 1. The maximum atomic E-state index is 14.3. The van der Waals surface area contributed by atoms with Crippen molar-refractivity contribution in [3.8, 4) is 11.5 Å². The zero-order valence-corrected chi connectivity index (χ0v) is 67.8. The van der Waals surface area contributed by atoms with E-state index >= 15 is 0 Å². The standard InChI is InChI=1S/C65H73ClN10O12S.C20H25N3O6/c1-65(2)20-16-45(52(37-65)43-6-8-46(66)9-7-43)40-73-25-27-74(28-26-73)47-10-12-50(58(35-47)88-48-34-44-17-21-68-61(44)70-39-48)57(77)41-89(84,85)49-11-13-53(56(36-49)76(82)83)69-38-42-18-23-72(24-19-42)29-31-87-33-32-86-30-22-67-54-5-3-4-51-60(54)64(81)75(63(51)80)55-14-15-59(78)71-62(55)79;1-2-9-28-11-12-29-10-8-21-14-5-3-4-13-17(14)20(27)23(19(13)26)15-6-7-16(24)22-18(15)25/h3-13,17,21,34-36,39,42,55,67,69H,14-16,18-20,22-33,37-38,40-41H2,1-2H3,(H,68,70)(H,71,78,79);3-5,15,21H,2,6-12H2,1H3,(H,22,24,25). The second-order valence-electron chi connectivity index (χ2n) is 31.0. The molecule has 0 saturated carbocycles. The Hall–Kier alpha value is -10.8. The SMILES string of the molecule is CC1(C)CCC(CN2CCN(c3ccc(C(=O)CS(=O)(=O)c4ccc(NCC5CCN(CCOCCOCCNc6cccc7c6C(=O)N(C6CCC(=O)NC6=O)C7=O)CC5)c([N+](=O)[O-])c4)c(Oc4cnc5[nH]ccc5c4)c3)CC2)=C(c2ccc(Cl)cc2)C1.CCCOCCOCCNc1cccc2c1C(=O)N(C1CCC(=O)NC1=O)C2=O. The first-order chi connectivity index (χ1) is 56.9. The van der Waals surface area contributed by atoms with E-state index in [9.17, 15) is 61.7 Å². The fraction of sp³-hybridized carbons (Fsp3) is 0.435. The molecule has 7 aromatic rings. The first-order valence-electron chi connectivity index (χ1n) is 40.1. The van der Waals surface area contributed by atoms with Gasteiger partial charge in [0.05, 0.1) is 90.1 Å². The number of amides is 8. The van der Waals surface area contributed by atoms with Gasteiger partial charge in [0.25, 0.3) is 29.3 Å². The summed E-state index contributed by atoms with van der Waals surface area (Å²) in [5.74, 6) is -5.30. The van der Waals surface area contributed by atoms with Crippen LogP contribution in [0.3, 0.4) is 0 Å². The van der Waals surface area contributed by atoms with E-state index in [4.69, 9.17) is 35.3 Å². The summed E-state index contributed by atoms with van der Waals surface area (Å²) in [4.78, 5) is 142. The number of hydrogen-bond donors (Lipinski definition) is 6. The molecular formula is C85H98ClN13O18S. The first-order valence-corrected chi connectivity index (χ1v) is 42.1. The number of carbonyl (C=O) groups excluding carboxylic acids is 9. The number of rotatable bonds is 35. The van der Waals surface area contributed by atoms with Crippen LogP contribution in [0.2, 0.25) is 5.02 Å². The topological polar surface area (TPSA) is 382 Å². The number of nitrogens with zero attached hydrogens (tertiary/aromatic N) is 7. The average Bonchev–Trinajstić information content (AvgIpc) is 1.64. The number of piperidine rings is 3. The Balaban J connectivity index is 0.000000349. The molecule has 14 rings (SSSR count). The summed E-state index contributed by atoms with van der Waals surface area (Å²) in [5, 5.41) is 27.8. The van der Waals surface area contributed by atoms with Gasteiger partial charge in [-0.1, -0.05) is 62.2 Å². The van der Waals surface area contributed by atoms with Gasteiger partial charge in [-0.3, -0.25) is 78.6 Å². The van der Waals surface area contributed by atoms with E-state index in [0.717, 1.165) is 103 Å². The molecule has 0 spiro atoms. The van der Waals surface area contributed by atoms with Crippen molar-refractivity contribution in [2.45, 2.75) is 102 Å². The van der Waals surface area contributed by atoms with Crippen molar-refractivity contribution in [3.05, 3.63) is 176 Å². The van der Waals surface area contributed by atoms with Crippen molar-refractivity contribution in [1.82, 2.24) is 40.2 Å². The van der Waals surface area contributed by atoms with Crippen molar-refractivity contribution in [3.63, 3.8) is 0 Å². The third-order valence-electron chi connectivity index (χ3n) is 22.2. The monoisotopic (exact) mass is 1660 g/mol. The molecule has 4 fully saturated rings. The van der Waals surface area contributed by atoms with Gasteiger partial charge in [-0.25, -0.2) is 13.4 Å². The molecule has 8 amide bonds. The lowest BCUT2D eigenvalue weighted by molar-refractivity contribution is -0.384. The number of halogens is 1. The molecule has 7 aliphatic rings. The number of ketones is 1. The maximum Gasteiger partial charge on any atom is 0.293 e. The zero-order valence-electron chi connectivity index (χ0n) is 66.3. The number of sulfone groups is 1. The van der Waals surface area contributed by atoms with Crippen LogP contribution in [-0.4, -0.2) is 239 Å². The Morgan fingerprint density at radius 3 is 1.84 bits per heavy atom. The molecule has 0 bridgehead atoms. The number of allylic oxidation sites excluding steroid dienone is 1. The number of nitro benzene ring substituents is 1. The molecule has 118 heavy (non-hydrogen) atoms. The van der Waals surface area contributed by atoms with Crippen molar-refractivity contribution >= 4 is 120 Å². The van der Waals surface area contributed by atoms with Crippen LogP contribution in [0.4, 0.5) is 28.4 Å². The van der Waals surface area contributed by atoms with Gasteiger partial charge in [-0.15, -0.1) is 0 Å². The van der Waals surface area contributed by atoms with Crippen LogP contribution in [0.1, 0.15) is 142 Å². The van der Waals surface area contributed by atoms with E-state index < -0.39 is 91.3 Å². The van der Waals surface area contributed by atoms with E-state index in [2.05, 4.69) is 77.2 Å². The van der Waals surface area contributed by atoms with Crippen molar-refractivity contribution < 1.29 is 80.2 Å². The fourth-order valence-corrected chi connectivity index (χ4v) is 17.2. The summed E-state index contributed by atoms with van der Waals surface area (Å²) in [6.45, 7) is 17.8. The summed E-state index contributed by atoms with van der Waals surface area (Å²) in [5.41, 5.74) is 7.40. The number of piperazine rings is 1. The molecule has 8 heterocycles. The molecule has 5 aromatic carbocycles. The molecule has 4 saturated heterocycles. The highest BCUT2D eigenvalue weighted by molar-refractivity contribution is 7.92. The number of aromatic nitrogens is 2. The fourth-order valence-electron chi connectivity index (χ4n) is 15.9.